The number of nitrogens with one attached hydrogen (secondary N) is 1. The first kappa shape index (κ1) is 15.4. The first-order valence-corrected chi connectivity index (χ1v) is 6.65. The third-order valence-corrected chi connectivity index (χ3v) is 2.99. The van der Waals surface area contributed by atoms with Gasteiger partial charge in [-0.2, -0.15) is 0 Å². The molecular weight excluding hydrogens is 279 g/mol. The van der Waals surface area contributed by atoms with Crippen LogP contribution in [-0.2, 0) is 6.54 Å². The molecule has 0 aliphatic carbocycles. The van der Waals surface area contributed by atoms with E-state index in [-0.39, 0.29) is 5.75 Å². The van der Waals surface area contributed by atoms with Crippen LogP contribution >= 0.6 is 0 Å². The topological polar surface area (TPSA) is 21.3 Å². The smallest absolute Gasteiger partial charge is 0.405 e. The summed E-state index contributed by atoms with van der Waals surface area (Å²) in [6.07, 6.45) is -4.70. The molecule has 5 heteroatoms. The van der Waals surface area contributed by atoms with Crippen LogP contribution in [-0.4, -0.2) is 12.9 Å². The van der Waals surface area contributed by atoms with Gasteiger partial charge in [-0.15, -0.1) is 13.2 Å². The van der Waals surface area contributed by atoms with Crippen molar-refractivity contribution in [2.75, 3.05) is 6.54 Å². The number of para-hydroxylation sites is 1. The van der Waals surface area contributed by atoms with Crippen LogP contribution in [0.3, 0.4) is 0 Å². The second-order valence-corrected chi connectivity index (χ2v) is 4.48. The van der Waals surface area contributed by atoms with Crippen molar-refractivity contribution in [3.8, 4) is 16.9 Å². The Hall–Kier alpha value is -2.01. The molecule has 2 aromatic rings. The Morgan fingerprint density at radius 3 is 2.24 bits per heavy atom. The average molecular weight is 295 g/mol. The molecule has 21 heavy (non-hydrogen) atoms. The molecule has 0 fully saturated rings. The van der Waals surface area contributed by atoms with E-state index >= 15 is 0 Å². The van der Waals surface area contributed by atoms with Gasteiger partial charge in [-0.3, -0.25) is 0 Å². The summed E-state index contributed by atoms with van der Waals surface area (Å²) < 4.78 is 41.6. The third kappa shape index (κ3) is 4.23. The van der Waals surface area contributed by atoms with Gasteiger partial charge in [0.25, 0.3) is 0 Å². The van der Waals surface area contributed by atoms with Crippen LogP contribution in [0.4, 0.5) is 13.2 Å². The van der Waals surface area contributed by atoms with Crippen molar-refractivity contribution in [1.29, 1.82) is 0 Å². The van der Waals surface area contributed by atoms with Crippen molar-refractivity contribution in [2.24, 2.45) is 0 Å². The van der Waals surface area contributed by atoms with Crippen molar-refractivity contribution < 1.29 is 17.9 Å². The SMILES string of the molecule is CCNCc1ccccc1-c1ccccc1OC(F)(F)F. The van der Waals surface area contributed by atoms with Crippen molar-refractivity contribution in [3.63, 3.8) is 0 Å². The van der Waals surface area contributed by atoms with Gasteiger partial charge in [0.2, 0.25) is 0 Å². The Bertz CT molecular complexity index is 596. The van der Waals surface area contributed by atoms with Crippen molar-refractivity contribution in [3.05, 3.63) is 54.1 Å². The molecule has 0 unspecified atom stereocenters. The fraction of sp³-hybridized carbons (Fsp3) is 0.250. The Morgan fingerprint density at radius 1 is 0.952 bits per heavy atom. The summed E-state index contributed by atoms with van der Waals surface area (Å²) >= 11 is 0. The van der Waals surface area contributed by atoms with E-state index in [1.54, 1.807) is 24.3 Å². The quantitative estimate of drug-likeness (QED) is 0.885. The molecule has 0 heterocycles. The maximum Gasteiger partial charge on any atom is 0.573 e. The van der Waals surface area contributed by atoms with Gasteiger partial charge in [-0.05, 0) is 23.7 Å². The van der Waals surface area contributed by atoms with Crippen LogP contribution in [0, 0.1) is 0 Å². The molecule has 1 N–H and O–H groups in total. The molecule has 0 aliphatic heterocycles. The fourth-order valence-corrected chi connectivity index (χ4v) is 2.10. The van der Waals surface area contributed by atoms with Crippen molar-refractivity contribution in [2.45, 2.75) is 19.8 Å². The number of rotatable bonds is 5. The first-order valence-electron chi connectivity index (χ1n) is 6.65. The summed E-state index contributed by atoms with van der Waals surface area (Å²) in [5, 5.41) is 3.18. The van der Waals surface area contributed by atoms with Crippen LogP contribution < -0.4 is 10.1 Å². The molecular formula is C16H16F3NO. The van der Waals surface area contributed by atoms with Crippen LogP contribution in [0.2, 0.25) is 0 Å². The number of hydrogen-bond acceptors (Lipinski definition) is 2. The summed E-state index contributed by atoms with van der Waals surface area (Å²) in [5.74, 6) is -0.186. The number of hydrogen-bond donors (Lipinski definition) is 1. The largest absolute Gasteiger partial charge is 0.573 e. The Labute approximate surface area is 121 Å². The molecule has 0 atom stereocenters. The van der Waals surface area contributed by atoms with Gasteiger partial charge in [0, 0.05) is 12.1 Å². The minimum Gasteiger partial charge on any atom is -0.405 e. The lowest BCUT2D eigenvalue weighted by atomic mass is 9.99. The second kappa shape index (κ2) is 6.63. The molecule has 2 nitrogen and oxygen atoms in total. The Balaban J connectivity index is 2.42. The van der Waals surface area contributed by atoms with Crippen LogP contribution in [0.1, 0.15) is 12.5 Å². The highest BCUT2D eigenvalue weighted by atomic mass is 19.4. The molecule has 0 amide bonds. The van der Waals surface area contributed by atoms with E-state index in [4.69, 9.17) is 0 Å². The van der Waals surface area contributed by atoms with Gasteiger partial charge in [0.05, 0.1) is 0 Å². The molecule has 0 saturated heterocycles. The highest BCUT2D eigenvalue weighted by Crippen LogP contribution is 2.35. The lowest BCUT2D eigenvalue weighted by Gasteiger charge is -2.16. The van der Waals surface area contributed by atoms with E-state index in [9.17, 15) is 13.2 Å². The van der Waals surface area contributed by atoms with Crippen molar-refractivity contribution >= 4 is 0 Å². The van der Waals surface area contributed by atoms with Gasteiger partial charge < -0.3 is 10.1 Å². The molecule has 0 bridgehead atoms. The van der Waals surface area contributed by atoms with Gasteiger partial charge >= 0.3 is 6.36 Å². The maximum absolute atomic E-state index is 12.5. The summed E-state index contributed by atoms with van der Waals surface area (Å²) in [7, 11) is 0. The fourth-order valence-electron chi connectivity index (χ4n) is 2.10. The zero-order valence-electron chi connectivity index (χ0n) is 11.6. The van der Waals surface area contributed by atoms with Crippen molar-refractivity contribution in [1.82, 2.24) is 5.32 Å². The number of halogens is 3. The van der Waals surface area contributed by atoms with E-state index in [2.05, 4.69) is 10.1 Å². The molecule has 0 saturated carbocycles. The average Bonchev–Trinajstić information content (AvgIpc) is 2.44. The van der Waals surface area contributed by atoms with E-state index < -0.39 is 6.36 Å². The molecule has 0 radical (unpaired) electrons. The summed E-state index contributed by atoms with van der Waals surface area (Å²) in [4.78, 5) is 0. The maximum atomic E-state index is 12.5. The lowest BCUT2D eigenvalue weighted by Crippen LogP contribution is -2.18. The summed E-state index contributed by atoms with van der Waals surface area (Å²) in [6.45, 7) is 3.35. The normalized spacial score (nSPS) is 11.4. The van der Waals surface area contributed by atoms with Gasteiger partial charge in [-0.25, -0.2) is 0 Å². The van der Waals surface area contributed by atoms with E-state index in [0.29, 0.717) is 12.1 Å². The van der Waals surface area contributed by atoms with Gasteiger partial charge in [0.1, 0.15) is 5.75 Å². The molecule has 0 aliphatic rings. The minimum absolute atomic E-state index is 0.186. The Morgan fingerprint density at radius 2 is 1.57 bits per heavy atom. The van der Waals surface area contributed by atoms with Gasteiger partial charge in [-0.1, -0.05) is 49.4 Å². The molecule has 0 aromatic heterocycles. The van der Waals surface area contributed by atoms with Gasteiger partial charge in [0.15, 0.2) is 0 Å². The van der Waals surface area contributed by atoms with E-state index in [0.717, 1.165) is 17.7 Å². The Kier molecular flexibility index (Phi) is 4.85. The number of benzene rings is 2. The lowest BCUT2D eigenvalue weighted by molar-refractivity contribution is -0.274. The number of ether oxygens (including phenoxy) is 1. The number of alkyl halides is 3. The van der Waals surface area contributed by atoms with Crippen LogP contribution in [0.15, 0.2) is 48.5 Å². The molecule has 2 aromatic carbocycles. The zero-order chi connectivity index (χ0) is 15.3. The van der Waals surface area contributed by atoms with E-state index in [1.807, 2.05) is 19.1 Å². The molecule has 112 valence electrons. The third-order valence-electron chi connectivity index (χ3n) is 2.99. The minimum atomic E-state index is -4.70. The zero-order valence-corrected chi connectivity index (χ0v) is 11.6. The first-order chi connectivity index (χ1) is 10.0. The molecule has 0 spiro atoms. The summed E-state index contributed by atoms with van der Waals surface area (Å²) in [6, 6.07) is 13.5. The molecule has 2 rings (SSSR count). The summed E-state index contributed by atoms with van der Waals surface area (Å²) in [5.41, 5.74) is 2.10. The van der Waals surface area contributed by atoms with Crippen LogP contribution in [0.5, 0.6) is 5.75 Å². The van der Waals surface area contributed by atoms with E-state index in [1.165, 1.54) is 12.1 Å². The highest BCUT2D eigenvalue weighted by Gasteiger charge is 2.32. The standard InChI is InChI=1S/C16H16F3NO/c1-2-20-11-12-7-3-4-8-13(12)14-9-5-6-10-15(14)21-16(17,18)19/h3-10,20H,2,11H2,1H3. The predicted molar refractivity (Wildman–Crippen MR) is 75.9 cm³/mol. The second-order valence-electron chi connectivity index (χ2n) is 4.48. The monoisotopic (exact) mass is 295 g/mol. The highest BCUT2D eigenvalue weighted by molar-refractivity contribution is 5.73. The van der Waals surface area contributed by atoms with Crippen LogP contribution in [0.25, 0.3) is 11.1 Å². The predicted octanol–water partition coefficient (Wildman–Crippen LogP) is 4.36.